The van der Waals surface area contributed by atoms with Crippen molar-refractivity contribution in [2.24, 2.45) is 16.7 Å². The number of rotatable bonds is 0. The van der Waals surface area contributed by atoms with Crippen LogP contribution < -0.4 is 5.32 Å². The number of nitrogens with one attached hydrogen (secondary N) is 1. The van der Waals surface area contributed by atoms with E-state index in [1.807, 2.05) is 0 Å². The first-order chi connectivity index (χ1) is 7.33. The third-order valence-corrected chi connectivity index (χ3v) is 5.01. The van der Waals surface area contributed by atoms with Gasteiger partial charge in [0.2, 0.25) is 5.91 Å². The minimum absolute atomic E-state index is 0.265. The average molecular weight is 223 g/mol. The van der Waals surface area contributed by atoms with Gasteiger partial charge in [-0.15, -0.1) is 0 Å². The van der Waals surface area contributed by atoms with Crippen molar-refractivity contribution in [3.63, 3.8) is 0 Å². The Hall–Kier alpha value is -0.530. The third-order valence-electron chi connectivity index (χ3n) is 5.01. The Morgan fingerprint density at radius 1 is 1.25 bits per heavy atom. The molecule has 2 nitrogen and oxygen atoms in total. The summed E-state index contributed by atoms with van der Waals surface area (Å²) in [6.07, 6.45) is 5.82. The minimum atomic E-state index is 0.265. The molecule has 2 heteroatoms. The molecule has 2 rings (SSSR count). The molecule has 1 aliphatic heterocycles. The summed E-state index contributed by atoms with van der Waals surface area (Å²) < 4.78 is 0. The van der Waals surface area contributed by atoms with Crippen LogP contribution in [0.2, 0.25) is 0 Å². The Labute approximate surface area is 99.2 Å². The molecule has 1 saturated heterocycles. The van der Waals surface area contributed by atoms with Gasteiger partial charge in [-0.25, -0.2) is 0 Å². The van der Waals surface area contributed by atoms with Crippen molar-refractivity contribution in [2.45, 2.75) is 65.8 Å². The van der Waals surface area contributed by atoms with Crippen LogP contribution in [0.25, 0.3) is 0 Å². The number of carbonyl (C=O) groups excluding carboxylic acids is 1. The Morgan fingerprint density at radius 3 is 2.19 bits per heavy atom. The highest BCUT2D eigenvalue weighted by Gasteiger charge is 2.47. The van der Waals surface area contributed by atoms with E-state index in [9.17, 15) is 4.79 Å². The van der Waals surface area contributed by atoms with Crippen molar-refractivity contribution >= 4 is 5.91 Å². The molecule has 1 atom stereocenters. The molecule has 92 valence electrons. The summed E-state index contributed by atoms with van der Waals surface area (Å²) >= 11 is 0. The molecule has 1 unspecified atom stereocenters. The van der Waals surface area contributed by atoms with E-state index in [0.29, 0.717) is 16.9 Å². The topological polar surface area (TPSA) is 29.1 Å². The van der Waals surface area contributed by atoms with E-state index in [1.165, 1.54) is 25.7 Å². The zero-order valence-corrected chi connectivity index (χ0v) is 11.1. The van der Waals surface area contributed by atoms with Gasteiger partial charge in [-0.1, -0.05) is 20.8 Å². The van der Waals surface area contributed by atoms with Crippen LogP contribution in [-0.2, 0) is 4.79 Å². The smallest absolute Gasteiger partial charge is 0.220 e. The fourth-order valence-corrected chi connectivity index (χ4v) is 3.59. The predicted molar refractivity (Wildman–Crippen MR) is 66.1 cm³/mol. The van der Waals surface area contributed by atoms with Crippen molar-refractivity contribution < 1.29 is 4.79 Å². The van der Waals surface area contributed by atoms with Crippen LogP contribution >= 0.6 is 0 Å². The second-order valence-electron chi connectivity index (χ2n) is 6.97. The first-order valence-electron chi connectivity index (χ1n) is 6.63. The Balaban J connectivity index is 2.02. The maximum absolute atomic E-state index is 11.5. The molecular formula is C14H25NO. The lowest BCUT2D eigenvalue weighted by Gasteiger charge is -2.43. The predicted octanol–water partition coefficient (Wildman–Crippen LogP) is 3.12. The molecular weight excluding hydrogens is 198 g/mol. The molecule has 0 aromatic heterocycles. The Kier molecular flexibility index (Phi) is 2.80. The quantitative estimate of drug-likeness (QED) is 0.671. The molecule has 1 heterocycles. The van der Waals surface area contributed by atoms with Crippen molar-refractivity contribution in [2.75, 3.05) is 0 Å². The minimum Gasteiger partial charge on any atom is -0.353 e. The standard InChI is InChI=1S/C14H25NO/c1-10-14(9-12(16)15-10)7-5-11(6-8-14)13(2,3)4/h10-11H,5-9H2,1-4H3,(H,15,16). The van der Waals surface area contributed by atoms with E-state index in [-0.39, 0.29) is 5.91 Å². The van der Waals surface area contributed by atoms with Gasteiger partial charge in [0, 0.05) is 12.5 Å². The lowest BCUT2D eigenvalue weighted by Crippen LogP contribution is -2.39. The maximum Gasteiger partial charge on any atom is 0.220 e. The van der Waals surface area contributed by atoms with Crippen molar-refractivity contribution in [3.8, 4) is 0 Å². The first-order valence-corrected chi connectivity index (χ1v) is 6.63. The zero-order chi connectivity index (χ0) is 12.0. The summed E-state index contributed by atoms with van der Waals surface area (Å²) in [7, 11) is 0. The largest absolute Gasteiger partial charge is 0.353 e. The normalized spacial score (nSPS) is 40.1. The van der Waals surface area contributed by atoms with Crippen LogP contribution in [0.5, 0.6) is 0 Å². The van der Waals surface area contributed by atoms with Gasteiger partial charge in [-0.2, -0.15) is 0 Å². The molecule has 0 aromatic carbocycles. The maximum atomic E-state index is 11.5. The van der Waals surface area contributed by atoms with Crippen molar-refractivity contribution in [3.05, 3.63) is 0 Å². The molecule has 1 saturated carbocycles. The van der Waals surface area contributed by atoms with Crippen LogP contribution in [0.15, 0.2) is 0 Å². The fraction of sp³-hybridized carbons (Fsp3) is 0.929. The van der Waals surface area contributed by atoms with Gasteiger partial charge < -0.3 is 5.32 Å². The van der Waals surface area contributed by atoms with Gasteiger partial charge in [-0.3, -0.25) is 4.79 Å². The SMILES string of the molecule is CC1NC(=O)CC12CCC(C(C)(C)C)CC2. The number of hydrogen-bond acceptors (Lipinski definition) is 1. The van der Waals surface area contributed by atoms with Crippen LogP contribution in [0.1, 0.15) is 59.8 Å². The average Bonchev–Trinajstić information content (AvgIpc) is 2.41. The van der Waals surface area contributed by atoms with Gasteiger partial charge in [0.15, 0.2) is 0 Å². The fourth-order valence-electron chi connectivity index (χ4n) is 3.59. The van der Waals surface area contributed by atoms with E-state index >= 15 is 0 Å². The van der Waals surface area contributed by atoms with Gasteiger partial charge in [-0.05, 0) is 49.4 Å². The molecule has 0 bridgehead atoms. The molecule has 2 aliphatic rings. The highest BCUT2D eigenvalue weighted by molar-refractivity contribution is 5.79. The molecule has 1 aliphatic carbocycles. The molecule has 1 N–H and O–H groups in total. The van der Waals surface area contributed by atoms with E-state index in [2.05, 4.69) is 33.0 Å². The monoisotopic (exact) mass is 223 g/mol. The second-order valence-corrected chi connectivity index (χ2v) is 6.97. The summed E-state index contributed by atoms with van der Waals surface area (Å²) in [6, 6.07) is 0.390. The number of carbonyl (C=O) groups is 1. The number of amides is 1. The summed E-state index contributed by atoms with van der Waals surface area (Å²) in [5.41, 5.74) is 0.722. The van der Waals surface area contributed by atoms with Gasteiger partial charge in [0.1, 0.15) is 0 Å². The van der Waals surface area contributed by atoms with Crippen LogP contribution in [0.4, 0.5) is 0 Å². The Bertz CT molecular complexity index is 282. The lowest BCUT2D eigenvalue weighted by molar-refractivity contribution is -0.119. The summed E-state index contributed by atoms with van der Waals surface area (Å²) in [5, 5.41) is 3.09. The van der Waals surface area contributed by atoms with Crippen LogP contribution in [-0.4, -0.2) is 11.9 Å². The summed E-state index contributed by atoms with van der Waals surface area (Å²) in [5.74, 6) is 1.10. The Morgan fingerprint density at radius 2 is 1.81 bits per heavy atom. The molecule has 2 fully saturated rings. The van der Waals surface area contributed by atoms with Crippen molar-refractivity contribution in [1.82, 2.24) is 5.32 Å². The van der Waals surface area contributed by atoms with Gasteiger partial charge >= 0.3 is 0 Å². The van der Waals surface area contributed by atoms with Gasteiger partial charge in [0.05, 0.1) is 0 Å². The molecule has 0 aromatic rings. The zero-order valence-electron chi connectivity index (χ0n) is 11.1. The third kappa shape index (κ3) is 1.99. The second kappa shape index (κ2) is 3.75. The van der Waals surface area contributed by atoms with Gasteiger partial charge in [0.25, 0.3) is 0 Å². The summed E-state index contributed by atoms with van der Waals surface area (Å²) in [6.45, 7) is 9.22. The molecule has 1 spiro atoms. The molecule has 1 amide bonds. The van der Waals surface area contributed by atoms with Crippen molar-refractivity contribution in [1.29, 1.82) is 0 Å². The first kappa shape index (κ1) is 11.9. The molecule has 16 heavy (non-hydrogen) atoms. The summed E-state index contributed by atoms with van der Waals surface area (Å²) in [4.78, 5) is 11.5. The lowest BCUT2D eigenvalue weighted by atomic mass is 9.62. The van der Waals surface area contributed by atoms with E-state index in [0.717, 1.165) is 12.3 Å². The van der Waals surface area contributed by atoms with E-state index < -0.39 is 0 Å². The van der Waals surface area contributed by atoms with E-state index in [4.69, 9.17) is 0 Å². The van der Waals surface area contributed by atoms with E-state index in [1.54, 1.807) is 0 Å². The number of hydrogen-bond donors (Lipinski definition) is 1. The highest BCUT2D eigenvalue weighted by atomic mass is 16.2. The van der Waals surface area contributed by atoms with Crippen LogP contribution in [0.3, 0.4) is 0 Å². The molecule has 0 radical (unpaired) electrons. The van der Waals surface area contributed by atoms with Crippen LogP contribution in [0, 0.1) is 16.7 Å². The highest BCUT2D eigenvalue weighted by Crippen LogP contribution is 2.50.